The summed E-state index contributed by atoms with van der Waals surface area (Å²) in [5.41, 5.74) is 2.62. The van der Waals surface area contributed by atoms with Crippen molar-refractivity contribution in [2.24, 2.45) is 5.10 Å². The summed E-state index contributed by atoms with van der Waals surface area (Å²) in [5, 5.41) is 4.74. The number of rotatable bonds is 5. The third-order valence-electron chi connectivity index (χ3n) is 2.51. The van der Waals surface area contributed by atoms with Crippen LogP contribution in [0.2, 0.25) is 5.02 Å². The van der Waals surface area contributed by atoms with Gasteiger partial charge < -0.3 is 4.98 Å². The van der Waals surface area contributed by atoms with Crippen LogP contribution in [0.3, 0.4) is 0 Å². The van der Waals surface area contributed by atoms with Gasteiger partial charge in [-0.15, -0.1) is 0 Å². The van der Waals surface area contributed by atoms with Gasteiger partial charge in [0.2, 0.25) is 0 Å². The van der Waals surface area contributed by atoms with Gasteiger partial charge in [0.1, 0.15) is 5.69 Å². The van der Waals surface area contributed by atoms with Crippen molar-refractivity contribution < 1.29 is 4.79 Å². The molecule has 1 aromatic carbocycles. The third kappa shape index (κ3) is 4.44. The smallest absolute Gasteiger partial charge is 0.290 e. The molecule has 2 aromatic rings. The minimum atomic E-state index is -0.563. The van der Waals surface area contributed by atoms with E-state index in [1.807, 2.05) is 13.0 Å². The highest BCUT2D eigenvalue weighted by Gasteiger charge is 2.09. The predicted molar refractivity (Wildman–Crippen MR) is 87.8 cm³/mol. The number of carbonyl (C=O) groups is 1. The lowest BCUT2D eigenvalue weighted by Crippen LogP contribution is -2.22. The Kier molecular flexibility index (Phi) is 5.74. The van der Waals surface area contributed by atoms with Crippen LogP contribution in [-0.4, -0.2) is 27.8 Å². The number of aromatic nitrogens is 2. The van der Waals surface area contributed by atoms with Crippen molar-refractivity contribution in [3.8, 4) is 0 Å². The molecular weight excluding hydrogens is 324 g/mol. The Bertz CT molecular complexity index is 761. The number of carbonyl (C=O) groups excluding carboxylic acids is 1. The molecule has 22 heavy (non-hydrogen) atoms. The summed E-state index contributed by atoms with van der Waals surface area (Å²) in [7, 11) is 0. The fourth-order valence-electron chi connectivity index (χ4n) is 1.55. The molecule has 0 aliphatic rings. The highest BCUT2D eigenvalue weighted by atomic mass is 35.5. The number of hydrazone groups is 1. The summed E-state index contributed by atoms with van der Waals surface area (Å²) in [4.78, 5) is 30.0. The van der Waals surface area contributed by atoms with Crippen LogP contribution >= 0.6 is 23.4 Å². The molecule has 0 aliphatic carbocycles. The van der Waals surface area contributed by atoms with Crippen molar-refractivity contribution in [2.75, 3.05) is 5.75 Å². The Morgan fingerprint density at radius 1 is 1.50 bits per heavy atom. The minimum absolute atomic E-state index is 0.0102. The van der Waals surface area contributed by atoms with E-state index in [-0.39, 0.29) is 11.3 Å². The molecule has 114 valence electrons. The summed E-state index contributed by atoms with van der Waals surface area (Å²) in [6.45, 7) is 1.92. The second-order valence-corrected chi connectivity index (χ2v) is 5.75. The van der Waals surface area contributed by atoms with Gasteiger partial charge in [0, 0.05) is 16.7 Å². The van der Waals surface area contributed by atoms with Crippen LogP contribution in [-0.2, 0) is 0 Å². The molecule has 0 saturated carbocycles. The first-order valence-corrected chi connectivity index (χ1v) is 7.78. The molecule has 6 nitrogen and oxygen atoms in total. The van der Waals surface area contributed by atoms with Gasteiger partial charge in [0.15, 0.2) is 5.16 Å². The molecule has 1 amide bonds. The van der Waals surface area contributed by atoms with Gasteiger partial charge in [-0.3, -0.25) is 9.59 Å². The summed E-state index contributed by atoms with van der Waals surface area (Å²) in [6, 6.07) is 8.21. The van der Waals surface area contributed by atoms with Crippen molar-refractivity contribution in [2.45, 2.75) is 12.1 Å². The molecule has 8 heteroatoms. The van der Waals surface area contributed by atoms with Gasteiger partial charge in [-0.05, 0) is 11.8 Å². The lowest BCUT2D eigenvalue weighted by atomic mass is 10.2. The van der Waals surface area contributed by atoms with Crippen molar-refractivity contribution in [1.29, 1.82) is 0 Å². The monoisotopic (exact) mass is 336 g/mol. The van der Waals surface area contributed by atoms with Crippen molar-refractivity contribution in [3.63, 3.8) is 0 Å². The molecule has 0 unspecified atom stereocenters. The summed E-state index contributed by atoms with van der Waals surface area (Å²) in [6.07, 6.45) is 1.43. The highest BCUT2D eigenvalue weighted by molar-refractivity contribution is 7.99. The number of H-pyrrole nitrogens is 1. The van der Waals surface area contributed by atoms with E-state index in [1.54, 1.807) is 18.2 Å². The molecule has 0 bridgehead atoms. The van der Waals surface area contributed by atoms with Crippen LogP contribution in [0.25, 0.3) is 0 Å². The molecule has 0 radical (unpaired) electrons. The van der Waals surface area contributed by atoms with E-state index in [1.165, 1.54) is 18.0 Å². The number of thioether (sulfide) groups is 1. The first-order chi connectivity index (χ1) is 10.6. The Morgan fingerprint density at radius 2 is 2.27 bits per heavy atom. The maximum Gasteiger partial charge on any atom is 0.290 e. The van der Waals surface area contributed by atoms with Crippen molar-refractivity contribution in [1.82, 2.24) is 15.4 Å². The van der Waals surface area contributed by atoms with Crippen LogP contribution in [0.4, 0.5) is 0 Å². The van der Waals surface area contributed by atoms with Crippen LogP contribution in [0.1, 0.15) is 23.0 Å². The number of halogens is 1. The standard InChI is InChI=1S/C14H13ClN4O2S/c1-2-22-14-17-11(7-12(20)18-14)13(21)19-16-8-9-5-3-4-6-10(9)15/h3-8H,2H2,1H3,(H,19,21)(H,17,18,20)/b16-8+. The lowest BCUT2D eigenvalue weighted by molar-refractivity contribution is 0.0949. The maximum atomic E-state index is 11.9. The zero-order chi connectivity index (χ0) is 15.9. The Balaban J connectivity index is 2.09. The van der Waals surface area contributed by atoms with E-state index >= 15 is 0 Å². The topological polar surface area (TPSA) is 87.2 Å². The molecule has 2 N–H and O–H groups in total. The first kappa shape index (κ1) is 16.3. The van der Waals surface area contributed by atoms with E-state index in [0.717, 1.165) is 11.8 Å². The van der Waals surface area contributed by atoms with Crippen molar-refractivity contribution >= 4 is 35.5 Å². The lowest BCUT2D eigenvalue weighted by Gasteiger charge is -2.02. The maximum absolute atomic E-state index is 11.9. The van der Waals surface area contributed by atoms with Gasteiger partial charge in [-0.2, -0.15) is 5.10 Å². The number of hydrogen-bond acceptors (Lipinski definition) is 5. The van der Waals surface area contributed by atoms with Crippen LogP contribution < -0.4 is 11.0 Å². The molecule has 0 spiro atoms. The minimum Gasteiger partial charge on any atom is -0.301 e. The molecule has 0 atom stereocenters. The average molecular weight is 337 g/mol. The molecular formula is C14H13ClN4O2S. The number of nitrogens with one attached hydrogen (secondary N) is 2. The van der Waals surface area contributed by atoms with E-state index in [0.29, 0.717) is 15.7 Å². The fraction of sp³-hybridized carbons (Fsp3) is 0.143. The number of hydrogen-bond donors (Lipinski definition) is 2. The van der Waals surface area contributed by atoms with E-state index in [9.17, 15) is 9.59 Å². The number of amides is 1. The quantitative estimate of drug-likeness (QED) is 0.379. The van der Waals surface area contributed by atoms with Gasteiger partial charge in [0.05, 0.1) is 6.21 Å². The van der Waals surface area contributed by atoms with Crippen LogP contribution in [0, 0.1) is 0 Å². The number of benzene rings is 1. The number of aromatic amines is 1. The van der Waals surface area contributed by atoms with Crippen LogP contribution in [0.5, 0.6) is 0 Å². The average Bonchev–Trinajstić information content (AvgIpc) is 2.49. The third-order valence-corrected chi connectivity index (χ3v) is 3.61. The summed E-state index contributed by atoms with van der Waals surface area (Å²) < 4.78 is 0. The van der Waals surface area contributed by atoms with E-state index < -0.39 is 5.91 Å². The number of nitrogens with zero attached hydrogens (tertiary/aromatic N) is 2. The second kappa shape index (κ2) is 7.77. The molecule has 2 rings (SSSR count). The van der Waals surface area contributed by atoms with Crippen LogP contribution in [0.15, 0.2) is 45.4 Å². The SMILES string of the molecule is CCSc1nc(C(=O)N/N=C/c2ccccc2Cl)cc(=O)[nH]1. The Morgan fingerprint density at radius 3 is 3.00 bits per heavy atom. The zero-order valence-electron chi connectivity index (χ0n) is 11.7. The van der Waals surface area contributed by atoms with Crippen molar-refractivity contribution in [3.05, 3.63) is 57.0 Å². The Labute approximate surface area is 136 Å². The fourth-order valence-corrected chi connectivity index (χ4v) is 2.35. The van der Waals surface area contributed by atoms with E-state index in [2.05, 4.69) is 20.5 Å². The first-order valence-electron chi connectivity index (χ1n) is 6.42. The summed E-state index contributed by atoms with van der Waals surface area (Å²) in [5.74, 6) is 0.172. The zero-order valence-corrected chi connectivity index (χ0v) is 13.2. The van der Waals surface area contributed by atoms with Gasteiger partial charge in [-0.1, -0.05) is 48.5 Å². The molecule has 1 heterocycles. The highest BCUT2D eigenvalue weighted by Crippen LogP contribution is 2.12. The van der Waals surface area contributed by atoms with Gasteiger partial charge in [-0.25, -0.2) is 10.4 Å². The Hall–Kier alpha value is -2.12. The van der Waals surface area contributed by atoms with Gasteiger partial charge >= 0.3 is 0 Å². The summed E-state index contributed by atoms with van der Waals surface area (Å²) >= 11 is 7.31. The van der Waals surface area contributed by atoms with E-state index in [4.69, 9.17) is 11.6 Å². The molecule has 1 aromatic heterocycles. The van der Waals surface area contributed by atoms with Gasteiger partial charge in [0.25, 0.3) is 11.5 Å². The molecule has 0 saturated heterocycles. The second-order valence-electron chi connectivity index (χ2n) is 4.09. The largest absolute Gasteiger partial charge is 0.301 e. The normalized spacial score (nSPS) is 10.8. The molecule has 0 aliphatic heterocycles. The molecule has 0 fully saturated rings. The predicted octanol–water partition coefficient (Wildman–Crippen LogP) is 2.30.